The zero-order valence-corrected chi connectivity index (χ0v) is 8.69. The Balaban J connectivity index is 2.81. The zero-order chi connectivity index (χ0) is 11.4. The minimum absolute atomic E-state index is 0.0892. The van der Waals surface area contributed by atoms with Crippen molar-refractivity contribution in [2.45, 2.75) is 13.0 Å². The molecule has 5 nitrogen and oxygen atoms in total. The number of aliphatic hydroxyl groups is 1. The molecule has 0 aliphatic carbocycles. The second-order valence-corrected chi connectivity index (χ2v) is 3.35. The van der Waals surface area contributed by atoms with Crippen molar-refractivity contribution in [2.24, 2.45) is 0 Å². The van der Waals surface area contributed by atoms with Crippen LogP contribution >= 0.6 is 0 Å². The highest BCUT2D eigenvalue weighted by Crippen LogP contribution is 2.06. The predicted molar refractivity (Wildman–Crippen MR) is 54.1 cm³/mol. The molecule has 0 bridgehead atoms. The number of amides is 1. The minimum atomic E-state index is -0.244. The van der Waals surface area contributed by atoms with Crippen molar-refractivity contribution >= 4 is 5.91 Å². The number of aromatic amines is 1. The van der Waals surface area contributed by atoms with Crippen LogP contribution in [-0.2, 0) is 0 Å². The van der Waals surface area contributed by atoms with E-state index in [2.05, 4.69) is 4.98 Å². The maximum Gasteiger partial charge on any atom is 0.270 e. The Labute approximate surface area is 87.9 Å². The Kier molecular flexibility index (Phi) is 3.47. The molecular weight excluding hydrogens is 194 g/mol. The van der Waals surface area contributed by atoms with Gasteiger partial charge in [-0.15, -0.1) is 0 Å². The van der Waals surface area contributed by atoms with Crippen LogP contribution in [0.15, 0.2) is 12.1 Å². The van der Waals surface area contributed by atoms with Gasteiger partial charge in [-0.05, 0) is 19.1 Å². The van der Waals surface area contributed by atoms with Gasteiger partial charge in [0, 0.05) is 7.05 Å². The third kappa shape index (κ3) is 2.36. The summed E-state index contributed by atoms with van der Waals surface area (Å²) in [5, 5.41) is 17.5. The smallest absolute Gasteiger partial charge is 0.270 e. The first-order valence-corrected chi connectivity index (χ1v) is 4.57. The second-order valence-electron chi connectivity index (χ2n) is 3.35. The van der Waals surface area contributed by atoms with Crippen LogP contribution in [0.3, 0.4) is 0 Å². The molecule has 0 saturated heterocycles. The molecule has 1 aromatic rings. The lowest BCUT2D eigenvalue weighted by Crippen LogP contribution is -2.37. The van der Waals surface area contributed by atoms with E-state index in [1.54, 1.807) is 26.1 Å². The maximum absolute atomic E-state index is 11.7. The number of hydrogen-bond acceptors (Lipinski definition) is 3. The third-order valence-electron chi connectivity index (χ3n) is 2.28. The number of hydrogen-bond donors (Lipinski definition) is 2. The Morgan fingerprint density at radius 1 is 1.73 bits per heavy atom. The first kappa shape index (κ1) is 11.3. The molecular formula is C10H13N3O2. The van der Waals surface area contributed by atoms with Crippen molar-refractivity contribution in [1.29, 1.82) is 5.26 Å². The molecule has 0 aromatic carbocycles. The standard InChI is InChI=1S/C10H13N3O2/c1-7(6-14)13(2)10(15)9-4-3-8(5-11)12-9/h3-4,7,12,14H,6H2,1-2H3. The van der Waals surface area contributed by atoms with Crippen molar-refractivity contribution < 1.29 is 9.90 Å². The molecule has 0 aliphatic rings. The molecule has 1 aromatic heterocycles. The van der Waals surface area contributed by atoms with Crippen LogP contribution in [0, 0.1) is 11.3 Å². The lowest BCUT2D eigenvalue weighted by molar-refractivity contribution is 0.0677. The zero-order valence-electron chi connectivity index (χ0n) is 8.69. The molecule has 1 heterocycles. The monoisotopic (exact) mass is 207 g/mol. The first-order valence-electron chi connectivity index (χ1n) is 4.57. The molecule has 1 amide bonds. The van der Waals surface area contributed by atoms with E-state index in [1.807, 2.05) is 6.07 Å². The van der Waals surface area contributed by atoms with E-state index in [0.717, 1.165) is 0 Å². The van der Waals surface area contributed by atoms with E-state index in [-0.39, 0.29) is 18.6 Å². The summed E-state index contributed by atoms with van der Waals surface area (Å²) < 4.78 is 0. The quantitative estimate of drug-likeness (QED) is 0.750. The van der Waals surface area contributed by atoms with Gasteiger partial charge in [0.15, 0.2) is 0 Å². The van der Waals surface area contributed by atoms with Gasteiger partial charge in [0.25, 0.3) is 5.91 Å². The summed E-state index contributed by atoms with van der Waals surface area (Å²) in [6.07, 6.45) is 0. The predicted octanol–water partition coefficient (Wildman–Crippen LogP) is 0.339. The topological polar surface area (TPSA) is 80.1 Å². The van der Waals surface area contributed by atoms with Crippen molar-refractivity contribution in [1.82, 2.24) is 9.88 Å². The minimum Gasteiger partial charge on any atom is -0.394 e. The summed E-state index contributed by atoms with van der Waals surface area (Å²) in [4.78, 5) is 15.9. The number of aromatic nitrogens is 1. The van der Waals surface area contributed by atoms with Crippen LogP contribution in [0.2, 0.25) is 0 Å². The SMILES string of the molecule is CC(CO)N(C)C(=O)c1ccc(C#N)[nH]1. The van der Waals surface area contributed by atoms with Crippen LogP contribution in [0.5, 0.6) is 0 Å². The number of nitrogens with one attached hydrogen (secondary N) is 1. The van der Waals surface area contributed by atoms with Crippen molar-refractivity contribution in [3.63, 3.8) is 0 Å². The number of likely N-dealkylation sites (N-methyl/N-ethyl adjacent to an activating group) is 1. The summed E-state index contributed by atoms with van der Waals surface area (Å²) in [7, 11) is 1.61. The van der Waals surface area contributed by atoms with Gasteiger partial charge in [-0.2, -0.15) is 5.26 Å². The average Bonchev–Trinajstić information content (AvgIpc) is 2.74. The molecule has 0 spiro atoms. The third-order valence-corrected chi connectivity index (χ3v) is 2.28. The fourth-order valence-electron chi connectivity index (χ4n) is 1.10. The van der Waals surface area contributed by atoms with E-state index in [1.165, 1.54) is 4.90 Å². The fourth-order valence-corrected chi connectivity index (χ4v) is 1.10. The van der Waals surface area contributed by atoms with Gasteiger partial charge in [-0.25, -0.2) is 0 Å². The molecule has 0 radical (unpaired) electrons. The normalized spacial score (nSPS) is 11.9. The van der Waals surface area contributed by atoms with Crippen molar-refractivity contribution in [3.8, 4) is 6.07 Å². The Morgan fingerprint density at radius 2 is 2.40 bits per heavy atom. The number of carbonyl (C=O) groups excluding carboxylic acids is 1. The molecule has 80 valence electrons. The van der Waals surface area contributed by atoms with Gasteiger partial charge in [-0.1, -0.05) is 0 Å². The molecule has 0 aliphatic heterocycles. The highest BCUT2D eigenvalue weighted by molar-refractivity contribution is 5.92. The molecule has 1 atom stereocenters. The molecule has 1 rings (SSSR count). The van der Waals surface area contributed by atoms with E-state index in [9.17, 15) is 4.79 Å². The van der Waals surface area contributed by atoms with E-state index >= 15 is 0 Å². The van der Waals surface area contributed by atoms with Crippen LogP contribution in [0.25, 0.3) is 0 Å². The van der Waals surface area contributed by atoms with Gasteiger partial charge in [-0.3, -0.25) is 4.79 Å². The summed E-state index contributed by atoms with van der Waals surface area (Å²) in [5.74, 6) is -0.238. The van der Waals surface area contributed by atoms with Crippen molar-refractivity contribution in [3.05, 3.63) is 23.5 Å². The first-order chi connectivity index (χ1) is 7.10. The highest BCUT2D eigenvalue weighted by Gasteiger charge is 2.17. The number of aliphatic hydroxyl groups excluding tert-OH is 1. The summed E-state index contributed by atoms with van der Waals surface area (Å²) >= 11 is 0. The summed E-state index contributed by atoms with van der Waals surface area (Å²) in [5.41, 5.74) is 0.706. The number of H-pyrrole nitrogens is 1. The number of carbonyl (C=O) groups is 1. The largest absolute Gasteiger partial charge is 0.394 e. The fraction of sp³-hybridized carbons (Fsp3) is 0.400. The number of nitriles is 1. The van der Waals surface area contributed by atoms with Gasteiger partial charge in [0.1, 0.15) is 17.5 Å². The Morgan fingerprint density at radius 3 is 2.87 bits per heavy atom. The van der Waals surface area contributed by atoms with Crippen LogP contribution in [0.1, 0.15) is 23.1 Å². The van der Waals surface area contributed by atoms with Gasteiger partial charge in [0.2, 0.25) is 0 Å². The van der Waals surface area contributed by atoms with Crippen LogP contribution in [-0.4, -0.2) is 40.6 Å². The van der Waals surface area contributed by atoms with Crippen LogP contribution < -0.4 is 0 Å². The van der Waals surface area contributed by atoms with E-state index < -0.39 is 0 Å². The van der Waals surface area contributed by atoms with Gasteiger partial charge in [0.05, 0.1) is 12.6 Å². The van der Waals surface area contributed by atoms with E-state index in [0.29, 0.717) is 11.4 Å². The number of nitrogens with zero attached hydrogens (tertiary/aromatic N) is 2. The average molecular weight is 207 g/mol. The summed E-state index contributed by atoms with van der Waals surface area (Å²) in [6.45, 7) is 1.65. The van der Waals surface area contributed by atoms with Crippen molar-refractivity contribution in [2.75, 3.05) is 13.7 Å². The molecule has 2 N–H and O–H groups in total. The van der Waals surface area contributed by atoms with Gasteiger partial charge < -0.3 is 15.0 Å². The molecule has 1 unspecified atom stereocenters. The molecule has 5 heteroatoms. The lowest BCUT2D eigenvalue weighted by Gasteiger charge is -2.22. The molecule has 0 fully saturated rings. The Hall–Kier alpha value is -1.80. The van der Waals surface area contributed by atoms with Gasteiger partial charge >= 0.3 is 0 Å². The summed E-state index contributed by atoms with van der Waals surface area (Å²) in [6, 6.07) is 4.77. The van der Waals surface area contributed by atoms with E-state index in [4.69, 9.17) is 10.4 Å². The second kappa shape index (κ2) is 4.62. The highest BCUT2D eigenvalue weighted by atomic mass is 16.3. The number of rotatable bonds is 3. The Bertz CT molecular complexity index is 392. The molecule has 0 saturated carbocycles. The molecule has 15 heavy (non-hydrogen) atoms. The van der Waals surface area contributed by atoms with Crippen LogP contribution in [0.4, 0.5) is 0 Å². The maximum atomic E-state index is 11.7. The lowest BCUT2D eigenvalue weighted by atomic mass is 10.3.